The zero-order chi connectivity index (χ0) is 9.72. The predicted molar refractivity (Wildman–Crippen MR) is 56.0 cm³/mol. The third-order valence-corrected chi connectivity index (χ3v) is 2.09. The molecule has 0 aromatic carbocycles. The molecule has 0 spiro atoms. The summed E-state index contributed by atoms with van der Waals surface area (Å²) in [5, 5.41) is 3.42. The Kier molecular flexibility index (Phi) is 5.03. The van der Waals surface area contributed by atoms with Crippen LogP contribution >= 0.6 is 0 Å². The van der Waals surface area contributed by atoms with Crippen LogP contribution < -0.4 is 5.32 Å². The fraction of sp³-hybridized carbons (Fsp3) is 0.818. The second-order valence-corrected chi connectivity index (χ2v) is 4.38. The quantitative estimate of drug-likeness (QED) is 0.666. The highest BCUT2D eigenvalue weighted by molar-refractivity contribution is 4.94. The lowest BCUT2D eigenvalue weighted by Gasteiger charge is -2.21. The van der Waals surface area contributed by atoms with Crippen LogP contribution in [0.5, 0.6) is 0 Å². The number of hydrogen-bond acceptors (Lipinski definition) is 1. The molecule has 0 bridgehead atoms. The Bertz CT molecular complexity index is 136. The highest BCUT2D eigenvalue weighted by atomic mass is 14.9. The molecule has 12 heavy (non-hydrogen) atoms. The summed E-state index contributed by atoms with van der Waals surface area (Å²) in [5.74, 6) is 1.37. The van der Waals surface area contributed by atoms with E-state index in [-0.39, 0.29) is 0 Å². The summed E-state index contributed by atoms with van der Waals surface area (Å²) < 4.78 is 0. The van der Waals surface area contributed by atoms with Crippen molar-refractivity contribution in [1.82, 2.24) is 5.32 Å². The Labute approximate surface area is 77.2 Å². The maximum absolute atomic E-state index is 4.01. The number of hydrogen-bond donors (Lipinski definition) is 1. The van der Waals surface area contributed by atoms with Crippen molar-refractivity contribution in [2.75, 3.05) is 0 Å². The molecule has 0 aromatic rings. The van der Waals surface area contributed by atoms with Gasteiger partial charge in [-0.1, -0.05) is 34.3 Å². The van der Waals surface area contributed by atoms with Crippen LogP contribution in [0.1, 0.15) is 41.0 Å². The van der Waals surface area contributed by atoms with Crippen LogP contribution in [0, 0.1) is 11.8 Å². The molecule has 0 rings (SSSR count). The van der Waals surface area contributed by atoms with Crippen LogP contribution in [0.3, 0.4) is 0 Å². The smallest absolute Gasteiger partial charge is 0.0252 e. The summed E-state index contributed by atoms with van der Waals surface area (Å²) in [6.07, 6.45) is 1.08. The summed E-state index contributed by atoms with van der Waals surface area (Å²) in [4.78, 5) is 0. The minimum Gasteiger partial charge on any atom is -0.386 e. The first-order valence-electron chi connectivity index (χ1n) is 4.87. The molecular weight excluding hydrogens is 146 g/mol. The molecule has 1 nitrogen and oxygen atoms in total. The van der Waals surface area contributed by atoms with Gasteiger partial charge in [0.25, 0.3) is 0 Å². The summed E-state index contributed by atoms with van der Waals surface area (Å²) >= 11 is 0. The second-order valence-electron chi connectivity index (χ2n) is 4.38. The van der Waals surface area contributed by atoms with Gasteiger partial charge in [0.15, 0.2) is 0 Å². The lowest BCUT2D eigenvalue weighted by molar-refractivity contribution is 0.445. The highest BCUT2D eigenvalue weighted by Gasteiger charge is 2.07. The summed E-state index contributed by atoms with van der Waals surface area (Å²) in [6.45, 7) is 15.1. The lowest BCUT2D eigenvalue weighted by Crippen LogP contribution is -2.30. The van der Waals surface area contributed by atoms with Crippen molar-refractivity contribution >= 4 is 0 Å². The first-order chi connectivity index (χ1) is 5.43. The fourth-order valence-electron chi connectivity index (χ4n) is 1.04. The van der Waals surface area contributed by atoms with Gasteiger partial charge in [0.2, 0.25) is 0 Å². The van der Waals surface area contributed by atoms with E-state index in [1.807, 2.05) is 0 Å². The van der Waals surface area contributed by atoms with Gasteiger partial charge in [-0.15, -0.1) is 0 Å². The van der Waals surface area contributed by atoms with Crippen LogP contribution in [-0.4, -0.2) is 6.04 Å². The van der Waals surface area contributed by atoms with Gasteiger partial charge in [0.05, 0.1) is 0 Å². The maximum Gasteiger partial charge on any atom is 0.0252 e. The van der Waals surface area contributed by atoms with E-state index in [1.165, 1.54) is 5.70 Å². The fourth-order valence-corrected chi connectivity index (χ4v) is 1.04. The largest absolute Gasteiger partial charge is 0.386 e. The van der Waals surface area contributed by atoms with Gasteiger partial charge in [-0.05, 0) is 25.2 Å². The van der Waals surface area contributed by atoms with Crippen molar-refractivity contribution in [2.45, 2.75) is 47.1 Å². The molecule has 1 atom stereocenters. The van der Waals surface area contributed by atoms with Gasteiger partial charge < -0.3 is 5.32 Å². The van der Waals surface area contributed by atoms with E-state index in [4.69, 9.17) is 0 Å². The van der Waals surface area contributed by atoms with E-state index in [2.05, 4.69) is 46.5 Å². The minimum atomic E-state index is 0.538. The average Bonchev–Trinajstić information content (AvgIpc) is 1.84. The van der Waals surface area contributed by atoms with E-state index in [1.54, 1.807) is 0 Å². The van der Waals surface area contributed by atoms with Crippen molar-refractivity contribution in [3.63, 3.8) is 0 Å². The van der Waals surface area contributed by atoms with Crippen molar-refractivity contribution in [2.24, 2.45) is 11.8 Å². The standard InChI is InChI=1S/C11H23N/c1-8(2)7-10(5)12-11(6)9(3)4/h8-9,11-12H,5,7H2,1-4,6H3. The van der Waals surface area contributed by atoms with Crippen molar-refractivity contribution in [1.29, 1.82) is 0 Å². The molecule has 0 amide bonds. The van der Waals surface area contributed by atoms with Gasteiger partial charge in [-0.25, -0.2) is 0 Å². The Morgan fingerprint density at radius 2 is 1.67 bits per heavy atom. The molecule has 0 saturated heterocycles. The highest BCUT2D eigenvalue weighted by Crippen LogP contribution is 2.09. The molecule has 0 aromatic heterocycles. The Morgan fingerprint density at radius 3 is 2.00 bits per heavy atom. The monoisotopic (exact) mass is 169 g/mol. The molecule has 72 valence electrons. The summed E-state index contributed by atoms with van der Waals surface area (Å²) in [7, 11) is 0. The van der Waals surface area contributed by atoms with E-state index in [0.717, 1.165) is 6.42 Å². The molecule has 1 heteroatoms. The van der Waals surface area contributed by atoms with Crippen molar-refractivity contribution < 1.29 is 0 Å². The van der Waals surface area contributed by atoms with Gasteiger partial charge >= 0.3 is 0 Å². The topological polar surface area (TPSA) is 12.0 Å². The Balaban J connectivity index is 3.69. The predicted octanol–water partition coefficient (Wildman–Crippen LogP) is 3.18. The number of allylic oxidation sites excluding steroid dienone is 1. The van der Waals surface area contributed by atoms with E-state index < -0.39 is 0 Å². The normalized spacial score (nSPS) is 13.6. The molecule has 0 aliphatic rings. The second kappa shape index (κ2) is 5.23. The molecule has 1 unspecified atom stereocenters. The molecule has 0 radical (unpaired) electrons. The zero-order valence-corrected chi connectivity index (χ0v) is 9.15. The van der Waals surface area contributed by atoms with Crippen LogP contribution in [0.4, 0.5) is 0 Å². The Morgan fingerprint density at radius 1 is 1.17 bits per heavy atom. The molecule has 0 aliphatic heterocycles. The van der Waals surface area contributed by atoms with Gasteiger partial charge in [-0.2, -0.15) is 0 Å². The number of rotatable bonds is 5. The first kappa shape index (κ1) is 11.5. The van der Waals surface area contributed by atoms with Crippen LogP contribution in [-0.2, 0) is 0 Å². The molecule has 0 heterocycles. The van der Waals surface area contributed by atoms with E-state index >= 15 is 0 Å². The van der Waals surface area contributed by atoms with Gasteiger partial charge in [0, 0.05) is 11.7 Å². The van der Waals surface area contributed by atoms with Crippen LogP contribution in [0.2, 0.25) is 0 Å². The maximum atomic E-state index is 4.01. The molecular formula is C11H23N. The molecule has 0 fully saturated rings. The SMILES string of the molecule is C=C(CC(C)C)NC(C)C(C)C. The molecule has 0 saturated carbocycles. The first-order valence-corrected chi connectivity index (χ1v) is 4.87. The third kappa shape index (κ3) is 5.22. The average molecular weight is 169 g/mol. The van der Waals surface area contributed by atoms with Crippen LogP contribution in [0.15, 0.2) is 12.3 Å². The Hall–Kier alpha value is -0.460. The van der Waals surface area contributed by atoms with Gasteiger partial charge in [0.1, 0.15) is 0 Å². The van der Waals surface area contributed by atoms with E-state index in [9.17, 15) is 0 Å². The minimum absolute atomic E-state index is 0.538. The number of nitrogens with one attached hydrogen (secondary N) is 1. The van der Waals surface area contributed by atoms with Crippen molar-refractivity contribution in [3.05, 3.63) is 12.3 Å². The molecule has 0 aliphatic carbocycles. The lowest BCUT2D eigenvalue weighted by atomic mass is 10.0. The zero-order valence-electron chi connectivity index (χ0n) is 9.15. The molecule has 1 N–H and O–H groups in total. The van der Waals surface area contributed by atoms with Crippen LogP contribution in [0.25, 0.3) is 0 Å². The van der Waals surface area contributed by atoms with E-state index in [0.29, 0.717) is 17.9 Å². The van der Waals surface area contributed by atoms with Gasteiger partial charge in [-0.3, -0.25) is 0 Å². The van der Waals surface area contributed by atoms with Crippen molar-refractivity contribution in [3.8, 4) is 0 Å². The summed E-state index contributed by atoms with van der Waals surface area (Å²) in [5.41, 5.74) is 1.17. The summed E-state index contributed by atoms with van der Waals surface area (Å²) in [6, 6.07) is 0.538. The third-order valence-electron chi connectivity index (χ3n) is 2.09.